The van der Waals surface area contributed by atoms with Gasteiger partial charge in [-0.15, -0.1) is 0 Å². The van der Waals surface area contributed by atoms with Crippen molar-refractivity contribution in [2.75, 3.05) is 13.1 Å². The summed E-state index contributed by atoms with van der Waals surface area (Å²) in [6.45, 7) is 6.12. The Kier molecular flexibility index (Phi) is 2.98. The van der Waals surface area contributed by atoms with Crippen LogP contribution in [-0.2, 0) is 10.3 Å². The summed E-state index contributed by atoms with van der Waals surface area (Å²) in [5.41, 5.74) is 1.69. The highest BCUT2D eigenvalue weighted by molar-refractivity contribution is 5.86. The molecule has 2 aromatic rings. The number of benzene rings is 1. The molecule has 1 saturated heterocycles. The van der Waals surface area contributed by atoms with E-state index in [1.165, 1.54) is 0 Å². The highest BCUT2D eigenvalue weighted by Crippen LogP contribution is 2.49. The number of fused-ring (bicyclic) bond motifs is 2. The molecule has 4 rings (SSSR count). The maximum Gasteiger partial charge on any atom is 0.224 e. The molecule has 1 aromatic heterocycles. The van der Waals surface area contributed by atoms with Crippen molar-refractivity contribution in [2.24, 2.45) is 17.8 Å². The molecule has 22 heavy (non-hydrogen) atoms. The average molecular weight is 295 g/mol. The monoisotopic (exact) mass is 295 g/mol. The number of rotatable bonds is 3. The minimum Gasteiger partial charge on any atom is -0.347 e. The SMILES string of the molecule is CC(C)(NC(=O)C1C2CNC[C@@H]21)c1ccnc2ccccc12. The topological polar surface area (TPSA) is 54.0 Å². The summed E-state index contributed by atoms with van der Waals surface area (Å²) < 4.78 is 0. The first kappa shape index (κ1) is 13.7. The second-order valence-electron chi connectivity index (χ2n) is 7.00. The van der Waals surface area contributed by atoms with Gasteiger partial charge in [-0.25, -0.2) is 0 Å². The van der Waals surface area contributed by atoms with Crippen LogP contribution in [0.5, 0.6) is 0 Å². The minimum atomic E-state index is -0.399. The van der Waals surface area contributed by atoms with Gasteiger partial charge in [-0.05, 0) is 56.5 Å². The van der Waals surface area contributed by atoms with Gasteiger partial charge in [-0.1, -0.05) is 18.2 Å². The minimum absolute atomic E-state index is 0.197. The van der Waals surface area contributed by atoms with E-state index in [4.69, 9.17) is 0 Å². The second-order valence-corrected chi connectivity index (χ2v) is 7.00. The van der Waals surface area contributed by atoms with Gasteiger partial charge in [-0.3, -0.25) is 9.78 Å². The predicted octanol–water partition coefficient (Wildman–Crippen LogP) is 2.05. The Morgan fingerprint density at radius 2 is 1.95 bits per heavy atom. The predicted molar refractivity (Wildman–Crippen MR) is 86.3 cm³/mol. The number of amides is 1. The molecule has 1 aromatic carbocycles. The normalized spacial score (nSPS) is 26.7. The van der Waals surface area contributed by atoms with Crippen LogP contribution in [0.3, 0.4) is 0 Å². The molecule has 2 unspecified atom stereocenters. The van der Waals surface area contributed by atoms with Gasteiger partial charge in [-0.2, -0.15) is 0 Å². The number of pyridine rings is 1. The molecule has 3 atom stereocenters. The summed E-state index contributed by atoms with van der Waals surface area (Å²) in [6.07, 6.45) is 1.82. The van der Waals surface area contributed by atoms with Gasteiger partial charge in [0.1, 0.15) is 0 Å². The van der Waals surface area contributed by atoms with Crippen molar-refractivity contribution in [1.29, 1.82) is 0 Å². The van der Waals surface area contributed by atoms with E-state index in [0.717, 1.165) is 29.6 Å². The van der Waals surface area contributed by atoms with Crippen LogP contribution < -0.4 is 10.6 Å². The number of para-hydroxylation sites is 1. The number of aromatic nitrogens is 1. The first-order valence-corrected chi connectivity index (χ1v) is 7.95. The Morgan fingerprint density at radius 1 is 1.23 bits per heavy atom. The van der Waals surface area contributed by atoms with Gasteiger partial charge in [0.25, 0.3) is 0 Å². The van der Waals surface area contributed by atoms with E-state index in [2.05, 4.69) is 35.5 Å². The van der Waals surface area contributed by atoms with Crippen LogP contribution in [0.4, 0.5) is 0 Å². The lowest BCUT2D eigenvalue weighted by molar-refractivity contribution is -0.124. The van der Waals surface area contributed by atoms with Crippen molar-refractivity contribution in [2.45, 2.75) is 19.4 Å². The number of carbonyl (C=O) groups is 1. The van der Waals surface area contributed by atoms with E-state index >= 15 is 0 Å². The Morgan fingerprint density at radius 3 is 2.73 bits per heavy atom. The van der Waals surface area contributed by atoms with Crippen LogP contribution in [0.2, 0.25) is 0 Å². The molecule has 1 amide bonds. The molecule has 1 aliphatic heterocycles. The van der Waals surface area contributed by atoms with E-state index in [1.54, 1.807) is 0 Å². The molecular weight excluding hydrogens is 274 g/mol. The van der Waals surface area contributed by atoms with Crippen LogP contribution in [0.1, 0.15) is 19.4 Å². The third-order valence-electron chi connectivity index (χ3n) is 5.15. The van der Waals surface area contributed by atoms with Crippen molar-refractivity contribution in [1.82, 2.24) is 15.6 Å². The first-order valence-electron chi connectivity index (χ1n) is 7.95. The number of carbonyl (C=O) groups excluding carboxylic acids is 1. The number of nitrogens with zero attached hydrogens (tertiary/aromatic N) is 1. The fourth-order valence-corrected chi connectivity index (χ4v) is 3.91. The summed E-state index contributed by atoms with van der Waals surface area (Å²) in [5.74, 6) is 1.49. The standard InChI is InChI=1S/C18H21N3O/c1-18(2,21-17(22)16-12-9-19-10-13(12)16)14-7-8-20-15-6-4-3-5-11(14)15/h3-8,12-13,16,19H,9-10H2,1-2H3,(H,21,22)/t12-,13?,16?/m0/s1. The lowest BCUT2D eigenvalue weighted by Crippen LogP contribution is -2.43. The summed E-state index contributed by atoms with van der Waals surface area (Å²) in [7, 11) is 0. The average Bonchev–Trinajstić information content (AvgIpc) is 3.00. The number of nitrogens with one attached hydrogen (secondary N) is 2. The number of hydrogen-bond donors (Lipinski definition) is 2. The summed E-state index contributed by atoms with van der Waals surface area (Å²) in [6, 6.07) is 10.1. The van der Waals surface area contributed by atoms with Crippen LogP contribution in [0.25, 0.3) is 10.9 Å². The van der Waals surface area contributed by atoms with Crippen LogP contribution >= 0.6 is 0 Å². The van der Waals surface area contributed by atoms with Crippen LogP contribution in [0.15, 0.2) is 36.5 Å². The van der Waals surface area contributed by atoms with E-state index in [0.29, 0.717) is 11.8 Å². The Hall–Kier alpha value is -1.94. The van der Waals surface area contributed by atoms with Crippen molar-refractivity contribution >= 4 is 16.8 Å². The van der Waals surface area contributed by atoms with E-state index in [9.17, 15) is 4.79 Å². The smallest absolute Gasteiger partial charge is 0.224 e. The van der Waals surface area contributed by atoms with Crippen LogP contribution in [0, 0.1) is 17.8 Å². The zero-order chi connectivity index (χ0) is 15.3. The molecule has 4 nitrogen and oxygen atoms in total. The van der Waals surface area contributed by atoms with Crippen molar-refractivity contribution in [3.63, 3.8) is 0 Å². The molecule has 2 N–H and O–H groups in total. The Balaban J connectivity index is 1.61. The molecule has 114 valence electrons. The molecule has 0 radical (unpaired) electrons. The van der Waals surface area contributed by atoms with E-state index < -0.39 is 5.54 Å². The third-order valence-corrected chi connectivity index (χ3v) is 5.15. The molecule has 2 aliphatic rings. The zero-order valence-corrected chi connectivity index (χ0v) is 13.0. The van der Waals surface area contributed by atoms with E-state index in [-0.39, 0.29) is 11.8 Å². The van der Waals surface area contributed by atoms with E-state index in [1.807, 2.05) is 30.5 Å². The molecular formula is C18H21N3O. The van der Waals surface area contributed by atoms with Crippen LogP contribution in [-0.4, -0.2) is 24.0 Å². The summed E-state index contributed by atoms with van der Waals surface area (Å²) in [5, 5.41) is 7.70. The van der Waals surface area contributed by atoms with Gasteiger partial charge < -0.3 is 10.6 Å². The molecule has 1 saturated carbocycles. The molecule has 2 heterocycles. The summed E-state index contributed by atoms with van der Waals surface area (Å²) in [4.78, 5) is 17.0. The summed E-state index contributed by atoms with van der Waals surface area (Å²) >= 11 is 0. The fraction of sp³-hybridized carbons (Fsp3) is 0.444. The third kappa shape index (κ3) is 2.10. The first-order chi connectivity index (χ1) is 10.6. The maximum atomic E-state index is 12.6. The molecule has 0 bridgehead atoms. The van der Waals surface area contributed by atoms with Gasteiger partial charge in [0, 0.05) is 17.5 Å². The Labute approximate surface area is 130 Å². The van der Waals surface area contributed by atoms with Gasteiger partial charge in [0.2, 0.25) is 5.91 Å². The highest BCUT2D eigenvalue weighted by atomic mass is 16.2. The molecule has 0 spiro atoms. The van der Waals surface area contributed by atoms with Crippen molar-refractivity contribution in [3.8, 4) is 0 Å². The Bertz CT molecular complexity index is 725. The van der Waals surface area contributed by atoms with Gasteiger partial charge >= 0.3 is 0 Å². The highest BCUT2D eigenvalue weighted by Gasteiger charge is 2.57. The molecule has 1 aliphatic carbocycles. The van der Waals surface area contributed by atoms with Gasteiger partial charge in [0.05, 0.1) is 11.1 Å². The number of hydrogen-bond acceptors (Lipinski definition) is 3. The zero-order valence-electron chi connectivity index (χ0n) is 13.0. The number of piperidine rings is 1. The lowest BCUT2D eigenvalue weighted by Gasteiger charge is -2.28. The van der Waals surface area contributed by atoms with Crippen molar-refractivity contribution in [3.05, 3.63) is 42.1 Å². The quantitative estimate of drug-likeness (QED) is 0.911. The van der Waals surface area contributed by atoms with Gasteiger partial charge in [0.15, 0.2) is 0 Å². The van der Waals surface area contributed by atoms with Crippen molar-refractivity contribution < 1.29 is 4.79 Å². The molecule has 2 fully saturated rings. The second kappa shape index (κ2) is 4.78. The lowest BCUT2D eigenvalue weighted by atomic mass is 9.91. The largest absolute Gasteiger partial charge is 0.347 e. The molecule has 4 heteroatoms. The maximum absolute atomic E-state index is 12.6. The fourth-order valence-electron chi connectivity index (χ4n) is 3.91.